The van der Waals surface area contributed by atoms with Crippen molar-refractivity contribution in [3.63, 3.8) is 0 Å². The molecule has 1 aromatic rings. The van der Waals surface area contributed by atoms with Crippen LogP contribution in [0.25, 0.3) is 0 Å². The number of nitrogens with zero attached hydrogens (tertiary/aromatic N) is 1. The Labute approximate surface area is 177 Å². The molecule has 0 radical (unpaired) electrons. The van der Waals surface area contributed by atoms with E-state index < -0.39 is 11.5 Å². The minimum atomic E-state index is -0.516. The number of nitrogens with one attached hydrogen (secondary N) is 1. The number of hydrogen-bond donors (Lipinski definition) is 1. The summed E-state index contributed by atoms with van der Waals surface area (Å²) in [4.78, 5) is 26.9. The number of anilines is 1. The van der Waals surface area contributed by atoms with Crippen LogP contribution >= 0.6 is 11.6 Å². The number of benzene rings is 1. The summed E-state index contributed by atoms with van der Waals surface area (Å²) in [6, 6.07) is 3.24. The molecule has 1 N–H and O–H groups in total. The van der Waals surface area contributed by atoms with E-state index in [4.69, 9.17) is 16.3 Å². The van der Waals surface area contributed by atoms with Crippen LogP contribution < -0.4 is 5.32 Å². The molecule has 1 aromatic carbocycles. The maximum Gasteiger partial charge on any atom is 0.340 e. The molecule has 0 aromatic heterocycles. The maximum absolute atomic E-state index is 12.9. The van der Waals surface area contributed by atoms with E-state index in [2.05, 4.69) is 10.2 Å². The molecule has 0 unspecified atom stereocenters. The number of carbonyl (C=O) groups is 2. The van der Waals surface area contributed by atoms with Gasteiger partial charge in [0.1, 0.15) is 5.54 Å². The van der Waals surface area contributed by atoms with Crippen LogP contribution in [-0.4, -0.2) is 43.0 Å². The molecule has 1 amide bonds. The summed E-state index contributed by atoms with van der Waals surface area (Å²) in [5, 5.41) is 3.37. The molecule has 1 saturated carbocycles. The van der Waals surface area contributed by atoms with Gasteiger partial charge >= 0.3 is 5.97 Å². The van der Waals surface area contributed by atoms with Crippen molar-refractivity contribution in [3.05, 3.63) is 43.1 Å². The van der Waals surface area contributed by atoms with Crippen LogP contribution in [-0.2, 0) is 30.6 Å². The fourth-order valence-electron chi connectivity index (χ4n) is 3.01. The molecule has 0 aliphatic heterocycles. The van der Waals surface area contributed by atoms with Gasteiger partial charge in [0.05, 0.1) is 18.4 Å². The van der Waals surface area contributed by atoms with Gasteiger partial charge in [0.25, 0.3) is 0 Å². The molecule has 2 rings (SSSR count). The molecule has 0 spiro atoms. The second-order valence-electron chi connectivity index (χ2n) is 5.99. The summed E-state index contributed by atoms with van der Waals surface area (Å²) in [5.41, 5.74) is 0.996. The second-order valence-corrected chi connectivity index (χ2v) is 6.43. The van der Waals surface area contributed by atoms with Crippen LogP contribution in [0.3, 0.4) is 0 Å². The first-order valence-corrected chi connectivity index (χ1v) is 8.14. The fourth-order valence-corrected chi connectivity index (χ4v) is 3.28. The van der Waals surface area contributed by atoms with Gasteiger partial charge in [-0.25, -0.2) is 4.79 Å². The van der Waals surface area contributed by atoms with Gasteiger partial charge in [-0.2, -0.15) is 0 Å². The first-order chi connectivity index (χ1) is 10.9. The van der Waals surface area contributed by atoms with Crippen molar-refractivity contribution in [2.75, 3.05) is 26.0 Å². The predicted octanol–water partition coefficient (Wildman–Crippen LogP) is 4.15. The quantitative estimate of drug-likeness (QED) is 0.441. The Balaban J connectivity index is 0. The van der Waals surface area contributed by atoms with Crippen LogP contribution in [0.4, 0.5) is 5.69 Å². The molecule has 7 heteroatoms. The summed E-state index contributed by atoms with van der Waals surface area (Å²) in [6.07, 6.45) is 2.67. The average molecular weight is 553 g/mol. The molecular formula is C19H29ClN2O3W-2. The first kappa shape index (κ1) is 27.3. The van der Waals surface area contributed by atoms with E-state index in [1.165, 1.54) is 13.2 Å². The summed E-state index contributed by atoms with van der Waals surface area (Å²) >= 11 is 6.03. The van der Waals surface area contributed by atoms with Crippen LogP contribution in [0.5, 0.6) is 0 Å². The molecule has 0 atom stereocenters. The zero-order valence-electron chi connectivity index (χ0n) is 16.4. The van der Waals surface area contributed by atoms with Crippen molar-refractivity contribution in [2.45, 2.75) is 38.6 Å². The van der Waals surface area contributed by atoms with Gasteiger partial charge < -0.3 is 24.9 Å². The van der Waals surface area contributed by atoms with E-state index in [0.29, 0.717) is 10.7 Å². The van der Waals surface area contributed by atoms with Crippen molar-refractivity contribution in [3.8, 4) is 0 Å². The zero-order chi connectivity index (χ0) is 17.2. The number of carbonyl (C=O) groups excluding carboxylic acids is 2. The minimum Gasteiger partial charge on any atom is -0.465 e. The average Bonchev–Trinajstić information content (AvgIpc) is 2.47. The number of halogens is 1. The van der Waals surface area contributed by atoms with E-state index in [9.17, 15) is 9.59 Å². The molecule has 1 aliphatic rings. The Morgan fingerprint density at radius 1 is 1.31 bits per heavy atom. The Bertz CT molecular complexity index is 633. The van der Waals surface area contributed by atoms with Gasteiger partial charge in [-0.15, -0.1) is 0 Å². The van der Waals surface area contributed by atoms with E-state index in [1.54, 1.807) is 6.07 Å². The van der Waals surface area contributed by atoms with Crippen molar-refractivity contribution in [1.29, 1.82) is 0 Å². The number of esters is 1. The Morgan fingerprint density at radius 2 is 1.88 bits per heavy atom. The molecule has 0 saturated heterocycles. The van der Waals surface area contributed by atoms with Gasteiger partial charge in [-0.1, -0.05) is 18.5 Å². The van der Waals surface area contributed by atoms with Gasteiger partial charge in [-0.3, -0.25) is 9.69 Å². The van der Waals surface area contributed by atoms with Crippen molar-refractivity contribution in [2.24, 2.45) is 0 Å². The minimum absolute atomic E-state index is 0. The van der Waals surface area contributed by atoms with Gasteiger partial charge in [0.15, 0.2) is 0 Å². The second kappa shape index (κ2) is 11.1. The molecule has 0 heterocycles. The van der Waals surface area contributed by atoms with Gasteiger partial charge in [0.2, 0.25) is 5.91 Å². The van der Waals surface area contributed by atoms with Crippen LogP contribution in [0.2, 0.25) is 5.02 Å². The third-order valence-corrected chi connectivity index (χ3v) is 4.97. The van der Waals surface area contributed by atoms with E-state index in [-0.39, 0.29) is 47.4 Å². The molecule has 148 valence electrons. The Morgan fingerprint density at radius 3 is 2.31 bits per heavy atom. The van der Waals surface area contributed by atoms with Crippen LogP contribution in [0.1, 0.15) is 42.1 Å². The topological polar surface area (TPSA) is 58.6 Å². The number of ether oxygens (including phenoxy) is 1. The predicted molar refractivity (Wildman–Crippen MR) is 104 cm³/mol. The number of rotatable bonds is 5. The third kappa shape index (κ3) is 5.08. The van der Waals surface area contributed by atoms with Gasteiger partial charge in [0, 0.05) is 26.1 Å². The maximum atomic E-state index is 12.9. The number of methoxy groups -OCH3 is 1. The van der Waals surface area contributed by atoms with Crippen LogP contribution in [0.15, 0.2) is 12.1 Å². The standard InChI is InChI=1S/C17H23ClN2O3.2CH3.W/c1-5-20(3)17(7-6-8-17)16(22)19-14-11(2)9-12(18)10-13(14)15(21)23-4;;;/h9-10H,5-8H2,1-4H3,(H,19,22);2*1H3;/q;2*-1;. The van der Waals surface area contributed by atoms with E-state index in [1.807, 2.05) is 20.9 Å². The number of amides is 1. The Kier molecular flexibility index (Phi) is 11.6. The smallest absolute Gasteiger partial charge is 0.340 e. The zero-order valence-corrected chi connectivity index (χ0v) is 20.1. The van der Waals surface area contributed by atoms with E-state index in [0.717, 1.165) is 31.4 Å². The molecule has 1 fully saturated rings. The van der Waals surface area contributed by atoms with Crippen molar-refractivity contribution >= 4 is 29.2 Å². The monoisotopic (exact) mass is 552 g/mol. The normalized spacial score (nSPS) is 14.1. The number of likely N-dealkylation sites (N-methyl/N-ethyl adjacent to an activating group) is 1. The van der Waals surface area contributed by atoms with Crippen molar-refractivity contribution in [1.82, 2.24) is 4.90 Å². The molecule has 0 bridgehead atoms. The summed E-state index contributed by atoms with van der Waals surface area (Å²) < 4.78 is 4.80. The SMILES string of the molecule is CCN(C)C1(C(=O)Nc2c(C)cc(Cl)cc2C(=O)OC)CCC1.[CH3-].[CH3-].[W]. The van der Waals surface area contributed by atoms with Crippen LogP contribution in [0, 0.1) is 21.8 Å². The summed E-state index contributed by atoms with van der Waals surface area (Å²) in [6.45, 7) is 4.63. The third-order valence-electron chi connectivity index (χ3n) is 4.75. The summed E-state index contributed by atoms with van der Waals surface area (Å²) in [5.74, 6) is -0.596. The molecule has 1 aliphatic carbocycles. The largest absolute Gasteiger partial charge is 0.465 e. The first-order valence-electron chi connectivity index (χ1n) is 7.77. The molecule has 26 heavy (non-hydrogen) atoms. The molecular weight excluding hydrogens is 524 g/mol. The van der Waals surface area contributed by atoms with Crippen molar-refractivity contribution < 1.29 is 35.4 Å². The van der Waals surface area contributed by atoms with E-state index >= 15 is 0 Å². The molecule has 5 nitrogen and oxygen atoms in total. The number of aryl methyl sites for hydroxylation is 1. The summed E-state index contributed by atoms with van der Waals surface area (Å²) in [7, 11) is 3.26. The Hall–Kier alpha value is -0.902. The number of hydrogen-bond acceptors (Lipinski definition) is 4. The van der Waals surface area contributed by atoms with Gasteiger partial charge in [-0.05, 0) is 57.5 Å². The fraction of sp³-hybridized carbons (Fsp3) is 0.474.